The minimum Gasteiger partial charge on any atom is -0.495 e. The Kier molecular flexibility index (Phi) is 5.84. The Morgan fingerprint density at radius 3 is 2.48 bits per heavy atom. The van der Waals surface area contributed by atoms with E-state index in [2.05, 4.69) is 20.7 Å². The molecule has 0 aliphatic heterocycles. The van der Waals surface area contributed by atoms with Gasteiger partial charge >= 0.3 is 0 Å². The van der Waals surface area contributed by atoms with Crippen LogP contribution in [0.15, 0.2) is 36.4 Å². The zero-order valence-electron chi connectivity index (χ0n) is 16.4. The summed E-state index contributed by atoms with van der Waals surface area (Å²) in [5.74, 6) is 0.161. The van der Waals surface area contributed by atoms with Crippen molar-refractivity contribution in [2.45, 2.75) is 20.8 Å². The van der Waals surface area contributed by atoms with E-state index in [1.807, 2.05) is 19.9 Å². The van der Waals surface area contributed by atoms with E-state index in [0.717, 1.165) is 11.4 Å². The smallest absolute Gasteiger partial charge is 0.276 e. The molecule has 0 spiro atoms. The highest BCUT2D eigenvalue weighted by Crippen LogP contribution is 2.29. The number of ether oxygens (including phenoxy) is 1. The molecule has 2 aromatic heterocycles. The number of benzene rings is 1. The number of aryl methyl sites for hydroxylation is 2. The van der Waals surface area contributed by atoms with Crippen LogP contribution in [0.3, 0.4) is 0 Å². The molecule has 2 heterocycles. The zero-order valence-corrected chi connectivity index (χ0v) is 17.2. The number of carbonyl (C=O) groups is 2. The number of anilines is 2. The van der Waals surface area contributed by atoms with Gasteiger partial charge in [-0.2, -0.15) is 5.10 Å². The summed E-state index contributed by atoms with van der Waals surface area (Å²) in [6, 6.07) is 10.1. The van der Waals surface area contributed by atoms with Crippen molar-refractivity contribution < 1.29 is 14.3 Å². The number of nitrogens with zero attached hydrogens (tertiary/aromatic N) is 3. The number of carbonyl (C=O) groups excluding carboxylic acids is 2. The maximum atomic E-state index is 12.9. The van der Waals surface area contributed by atoms with Gasteiger partial charge in [0.25, 0.3) is 5.91 Å². The van der Waals surface area contributed by atoms with E-state index in [9.17, 15) is 9.59 Å². The Morgan fingerprint density at radius 2 is 1.86 bits per heavy atom. The van der Waals surface area contributed by atoms with E-state index in [1.165, 1.54) is 14.0 Å². The zero-order chi connectivity index (χ0) is 21.1. The van der Waals surface area contributed by atoms with Crippen molar-refractivity contribution in [3.05, 3.63) is 58.5 Å². The van der Waals surface area contributed by atoms with Gasteiger partial charge in [-0.25, -0.2) is 9.67 Å². The van der Waals surface area contributed by atoms with Gasteiger partial charge in [0, 0.05) is 18.3 Å². The van der Waals surface area contributed by atoms with Crippen molar-refractivity contribution >= 4 is 34.8 Å². The van der Waals surface area contributed by atoms with Crippen LogP contribution in [0.25, 0.3) is 5.82 Å². The third-order valence-electron chi connectivity index (χ3n) is 4.04. The highest BCUT2D eigenvalue weighted by Gasteiger charge is 2.17. The van der Waals surface area contributed by atoms with Crippen molar-refractivity contribution in [1.82, 2.24) is 14.8 Å². The van der Waals surface area contributed by atoms with Crippen molar-refractivity contribution in [1.29, 1.82) is 0 Å². The largest absolute Gasteiger partial charge is 0.495 e. The lowest BCUT2D eigenvalue weighted by molar-refractivity contribution is -0.114. The summed E-state index contributed by atoms with van der Waals surface area (Å²) in [5, 5.41) is 9.98. The normalized spacial score (nSPS) is 10.5. The fraction of sp³-hybridized carbons (Fsp3) is 0.200. The lowest BCUT2D eigenvalue weighted by atomic mass is 10.2. The van der Waals surface area contributed by atoms with Crippen molar-refractivity contribution in [3.63, 3.8) is 0 Å². The average molecular weight is 414 g/mol. The van der Waals surface area contributed by atoms with E-state index in [4.69, 9.17) is 16.3 Å². The number of halogens is 1. The Hall–Kier alpha value is -3.39. The third-order valence-corrected chi connectivity index (χ3v) is 4.35. The quantitative estimate of drug-likeness (QED) is 0.663. The maximum Gasteiger partial charge on any atom is 0.276 e. The molecule has 9 heteroatoms. The van der Waals surface area contributed by atoms with Crippen molar-refractivity contribution in [2.75, 3.05) is 17.7 Å². The molecule has 8 nitrogen and oxygen atoms in total. The summed E-state index contributed by atoms with van der Waals surface area (Å²) < 4.78 is 6.93. The highest BCUT2D eigenvalue weighted by molar-refractivity contribution is 6.34. The summed E-state index contributed by atoms with van der Waals surface area (Å²) in [5.41, 5.74) is 2.66. The molecule has 29 heavy (non-hydrogen) atoms. The summed E-state index contributed by atoms with van der Waals surface area (Å²) >= 11 is 6.22. The van der Waals surface area contributed by atoms with Crippen molar-refractivity contribution in [3.8, 4) is 11.6 Å². The Balaban J connectivity index is 1.94. The first-order valence-electron chi connectivity index (χ1n) is 8.75. The molecule has 0 unspecified atom stereocenters. The van der Waals surface area contributed by atoms with Crippen LogP contribution in [0.2, 0.25) is 5.02 Å². The molecule has 2 N–H and O–H groups in total. The molecule has 2 amide bonds. The minimum atomic E-state index is -0.517. The van der Waals surface area contributed by atoms with E-state index < -0.39 is 5.91 Å². The van der Waals surface area contributed by atoms with E-state index in [-0.39, 0.29) is 16.6 Å². The lowest BCUT2D eigenvalue weighted by Crippen LogP contribution is -2.17. The number of pyridine rings is 1. The molecule has 0 bridgehead atoms. The molecule has 0 saturated heterocycles. The number of hydrogen-bond donors (Lipinski definition) is 2. The number of nitrogens with one attached hydrogen (secondary N) is 2. The lowest BCUT2D eigenvalue weighted by Gasteiger charge is -2.13. The SMILES string of the molecule is COc1ccc(NC(C)=O)cc1NC(=O)c1nc(-n2nc(C)cc2C)ccc1Cl. The summed E-state index contributed by atoms with van der Waals surface area (Å²) in [6.07, 6.45) is 0. The standard InChI is InChI=1S/C20H20ClN5O3/c1-11-9-12(2)26(25-11)18-8-6-15(21)19(24-18)20(28)23-16-10-14(22-13(3)27)5-7-17(16)29-4/h5-10H,1-4H3,(H,22,27)(H,23,28). The van der Waals surface area contributed by atoms with Gasteiger partial charge in [-0.3, -0.25) is 9.59 Å². The molecule has 0 saturated carbocycles. The van der Waals surface area contributed by atoms with Crippen LogP contribution in [-0.2, 0) is 4.79 Å². The molecular formula is C20H20ClN5O3. The highest BCUT2D eigenvalue weighted by atomic mass is 35.5. The third kappa shape index (κ3) is 4.55. The second-order valence-corrected chi connectivity index (χ2v) is 6.80. The van der Waals surface area contributed by atoms with Crippen LogP contribution in [0.5, 0.6) is 5.75 Å². The Bertz CT molecular complexity index is 1090. The van der Waals surface area contributed by atoms with Crippen LogP contribution in [0.4, 0.5) is 11.4 Å². The first-order chi connectivity index (χ1) is 13.8. The molecular weight excluding hydrogens is 394 g/mol. The molecule has 0 aliphatic carbocycles. The van der Waals surface area contributed by atoms with Gasteiger partial charge in [0.2, 0.25) is 5.91 Å². The van der Waals surface area contributed by atoms with E-state index >= 15 is 0 Å². The molecule has 0 radical (unpaired) electrons. The minimum absolute atomic E-state index is 0.0451. The number of methoxy groups -OCH3 is 1. The topological polar surface area (TPSA) is 98.1 Å². The first-order valence-corrected chi connectivity index (χ1v) is 9.13. The summed E-state index contributed by atoms with van der Waals surface area (Å²) in [7, 11) is 1.48. The first kappa shape index (κ1) is 20.3. The predicted octanol–water partition coefficient (Wildman–Crippen LogP) is 3.76. The molecule has 1 aromatic carbocycles. The molecule has 3 aromatic rings. The molecule has 150 valence electrons. The average Bonchev–Trinajstić information content (AvgIpc) is 3.00. The number of rotatable bonds is 5. The van der Waals surface area contributed by atoms with Crippen LogP contribution < -0.4 is 15.4 Å². The second-order valence-electron chi connectivity index (χ2n) is 6.39. The predicted molar refractivity (Wildman–Crippen MR) is 111 cm³/mol. The maximum absolute atomic E-state index is 12.9. The summed E-state index contributed by atoms with van der Waals surface area (Å²) in [6.45, 7) is 5.17. The monoisotopic (exact) mass is 413 g/mol. The fourth-order valence-corrected chi connectivity index (χ4v) is 3.03. The number of amides is 2. The van der Waals surface area contributed by atoms with Crippen molar-refractivity contribution in [2.24, 2.45) is 0 Å². The van der Waals surface area contributed by atoms with Gasteiger partial charge < -0.3 is 15.4 Å². The van der Waals surface area contributed by atoms with Crippen LogP contribution in [-0.4, -0.2) is 33.7 Å². The summed E-state index contributed by atoms with van der Waals surface area (Å²) in [4.78, 5) is 28.6. The van der Waals surface area contributed by atoms with Gasteiger partial charge in [0.1, 0.15) is 11.4 Å². The van der Waals surface area contributed by atoms with Crippen LogP contribution >= 0.6 is 11.6 Å². The van der Waals surface area contributed by atoms with Gasteiger partial charge in [0.05, 0.1) is 23.5 Å². The number of aromatic nitrogens is 3. The fourth-order valence-electron chi connectivity index (χ4n) is 2.84. The van der Waals surface area contributed by atoms with Gasteiger partial charge in [-0.05, 0) is 50.2 Å². The number of hydrogen-bond acceptors (Lipinski definition) is 5. The Labute approximate surface area is 172 Å². The van der Waals surface area contributed by atoms with Crippen LogP contribution in [0, 0.1) is 13.8 Å². The van der Waals surface area contributed by atoms with Gasteiger partial charge in [-0.1, -0.05) is 11.6 Å². The Morgan fingerprint density at radius 1 is 1.10 bits per heavy atom. The molecule has 3 rings (SSSR count). The molecule has 0 atom stereocenters. The second kappa shape index (κ2) is 8.32. The molecule has 0 fully saturated rings. The van der Waals surface area contributed by atoms with Crippen LogP contribution in [0.1, 0.15) is 28.8 Å². The van der Waals surface area contributed by atoms with E-state index in [1.54, 1.807) is 35.0 Å². The molecule has 0 aliphatic rings. The van der Waals surface area contributed by atoms with E-state index in [0.29, 0.717) is 22.9 Å². The van der Waals surface area contributed by atoms with Gasteiger partial charge in [0.15, 0.2) is 5.82 Å². The van der Waals surface area contributed by atoms with Gasteiger partial charge in [-0.15, -0.1) is 0 Å².